The molecule has 0 radical (unpaired) electrons. The average molecular weight is 389 g/mol. The summed E-state index contributed by atoms with van der Waals surface area (Å²) in [5.74, 6) is -0.494. The maximum Gasteiger partial charge on any atom is 0.341 e. The second-order valence-electron chi connectivity index (χ2n) is 6.22. The highest BCUT2D eigenvalue weighted by atomic mass is 35.5. The summed E-state index contributed by atoms with van der Waals surface area (Å²) in [5.41, 5.74) is 2.56. The van der Waals surface area contributed by atoms with Crippen LogP contribution in [0.2, 0.25) is 5.02 Å². The molecule has 6 nitrogen and oxygen atoms in total. The van der Waals surface area contributed by atoms with Crippen LogP contribution in [0.25, 0.3) is 10.9 Å². The summed E-state index contributed by atoms with van der Waals surface area (Å²) < 4.78 is 5.32. The molecule has 0 amide bonds. The van der Waals surface area contributed by atoms with Crippen LogP contribution in [0.3, 0.4) is 0 Å². The van der Waals surface area contributed by atoms with Crippen LogP contribution < -0.4 is 10.1 Å². The number of aliphatic hydroxyl groups excluding tert-OH is 1. The van der Waals surface area contributed by atoms with Gasteiger partial charge in [-0.1, -0.05) is 35.9 Å². The fraction of sp³-hybridized carbons (Fsp3) is 0.250. The lowest BCUT2D eigenvalue weighted by Gasteiger charge is -2.12. The predicted octanol–water partition coefficient (Wildman–Crippen LogP) is 3.15. The van der Waals surface area contributed by atoms with Gasteiger partial charge < -0.3 is 25.3 Å². The van der Waals surface area contributed by atoms with E-state index in [9.17, 15) is 9.90 Å². The molecule has 3 rings (SSSR count). The Hall–Kier alpha value is -2.54. The van der Waals surface area contributed by atoms with Crippen molar-refractivity contribution in [1.29, 1.82) is 0 Å². The quantitative estimate of drug-likeness (QED) is 0.422. The minimum atomic E-state index is -1.01. The van der Waals surface area contributed by atoms with E-state index in [0.717, 1.165) is 28.6 Å². The number of aromatic nitrogens is 1. The number of carbonyl (C=O) groups is 1. The van der Waals surface area contributed by atoms with E-state index < -0.39 is 12.1 Å². The van der Waals surface area contributed by atoms with E-state index in [1.54, 1.807) is 18.2 Å². The minimum Gasteiger partial charge on any atom is -0.480 e. The number of hydrogen-bond acceptors (Lipinski definition) is 4. The van der Waals surface area contributed by atoms with Crippen LogP contribution >= 0.6 is 11.6 Å². The third-order valence-electron chi connectivity index (χ3n) is 4.17. The van der Waals surface area contributed by atoms with E-state index in [4.69, 9.17) is 21.4 Å². The fourth-order valence-corrected chi connectivity index (χ4v) is 3.07. The van der Waals surface area contributed by atoms with Crippen LogP contribution in [0.1, 0.15) is 17.4 Å². The van der Waals surface area contributed by atoms with Gasteiger partial charge >= 0.3 is 5.97 Å². The van der Waals surface area contributed by atoms with E-state index in [2.05, 4.69) is 10.3 Å². The van der Waals surface area contributed by atoms with Crippen LogP contribution in [0.4, 0.5) is 0 Å². The molecule has 0 aliphatic carbocycles. The maximum absolute atomic E-state index is 10.7. The third-order valence-corrected chi connectivity index (χ3v) is 4.40. The molecule has 0 bridgehead atoms. The zero-order valence-corrected chi connectivity index (χ0v) is 15.4. The highest BCUT2D eigenvalue weighted by Gasteiger charge is 2.09. The van der Waals surface area contributed by atoms with Crippen molar-refractivity contribution >= 4 is 28.5 Å². The number of aliphatic carboxylic acids is 1. The van der Waals surface area contributed by atoms with Crippen molar-refractivity contribution in [2.45, 2.75) is 12.5 Å². The zero-order chi connectivity index (χ0) is 19.2. The predicted molar refractivity (Wildman–Crippen MR) is 104 cm³/mol. The Morgan fingerprint density at radius 2 is 2.04 bits per heavy atom. The highest BCUT2D eigenvalue weighted by molar-refractivity contribution is 6.30. The minimum absolute atomic E-state index is 0.379. The standard InChI is InChI=1S/C20H21ClN2O4/c21-15-5-1-3-13(9-15)17(24)11-22-8-7-16-10-14-4-2-6-18(20(14)23-16)27-12-19(25)26/h1-6,9-10,17,22-24H,7-8,11-12H2,(H,25,26)/t17-/m0/s1. The molecule has 4 N–H and O–H groups in total. The van der Waals surface area contributed by atoms with Gasteiger partial charge in [-0.05, 0) is 36.2 Å². The van der Waals surface area contributed by atoms with Crippen molar-refractivity contribution in [3.63, 3.8) is 0 Å². The second-order valence-corrected chi connectivity index (χ2v) is 6.66. The summed E-state index contributed by atoms with van der Waals surface area (Å²) in [5, 5.41) is 23.8. The van der Waals surface area contributed by atoms with Crippen molar-refractivity contribution in [2.75, 3.05) is 19.7 Å². The van der Waals surface area contributed by atoms with Crippen molar-refractivity contribution in [2.24, 2.45) is 0 Å². The summed E-state index contributed by atoms with van der Waals surface area (Å²) in [6.07, 6.45) is 0.109. The molecule has 0 saturated heterocycles. The first kappa shape index (κ1) is 19.2. The number of H-pyrrole nitrogens is 1. The molecule has 27 heavy (non-hydrogen) atoms. The van der Waals surface area contributed by atoms with E-state index >= 15 is 0 Å². The summed E-state index contributed by atoms with van der Waals surface area (Å²) in [7, 11) is 0. The van der Waals surface area contributed by atoms with Gasteiger partial charge in [0.2, 0.25) is 0 Å². The normalized spacial score (nSPS) is 12.2. The molecule has 7 heteroatoms. The first-order chi connectivity index (χ1) is 13.0. The van der Waals surface area contributed by atoms with Gasteiger partial charge in [0.15, 0.2) is 6.61 Å². The molecule has 1 heterocycles. The zero-order valence-electron chi connectivity index (χ0n) is 14.6. The largest absolute Gasteiger partial charge is 0.480 e. The van der Waals surface area contributed by atoms with Gasteiger partial charge in [-0.25, -0.2) is 4.79 Å². The topological polar surface area (TPSA) is 94.6 Å². The van der Waals surface area contributed by atoms with Crippen molar-refractivity contribution < 1.29 is 19.7 Å². The van der Waals surface area contributed by atoms with Crippen LogP contribution in [0.5, 0.6) is 5.75 Å². The number of fused-ring (bicyclic) bond motifs is 1. The fourth-order valence-electron chi connectivity index (χ4n) is 2.87. The Kier molecular flexibility index (Phi) is 6.34. The number of carboxylic acids is 1. The maximum atomic E-state index is 10.7. The van der Waals surface area contributed by atoms with Crippen LogP contribution in [0.15, 0.2) is 48.5 Å². The van der Waals surface area contributed by atoms with Crippen molar-refractivity contribution in [1.82, 2.24) is 10.3 Å². The lowest BCUT2D eigenvalue weighted by molar-refractivity contribution is -0.139. The Balaban J connectivity index is 1.54. The number of aliphatic hydroxyl groups is 1. The Labute approximate surface area is 161 Å². The number of aromatic amines is 1. The third kappa shape index (κ3) is 5.23. The van der Waals surface area contributed by atoms with Crippen LogP contribution in [0, 0.1) is 0 Å². The Morgan fingerprint density at radius 3 is 2.81 bits per heavy atom. The summed E-state index contributed by atoms with van der Waals surface area (Å²) >= 11 is 5.94. The van der Waals surface area contributed by atoms with Crippen molar-refractivity contribution in [3.8, 4) is 5.75 Å². The molecule has 0 saturated carbocycles. The molecule has 0 unspecified atom stereocenters. The SMILES string of the molecule is O=C(O)COc1cccc2cc(CCNC[C@H](O)c3cccc(Cl)c3)[nH]c12. The average Bonchev–Trinajstić information content (AvgIpc) is 3.06. The van der Waals surface area contributed by atoms with Gasteiger partial charge in [0.1, 0.15) is 5.75 Å². The number of rotatable bonds is 9. The Bertz CT molecular complexity index is 925. The van der Waals surface area contributed by atoms with Gasteiger partial charge in [-0.15, -0.1) is 0 Å². The molecule has 1 atom stereocenters. The molecule has 142 valence electrons. The molecule has 0 aliphatic rings. The number of benzene rings is 2. The molecule has 0 fully saturated rings. The molecular formula is C20H21ClN2O4. The lowest BCUT2D eigenvalue weighted by atomic mass is 10.1. The van der Waals surface area contributed by atoms with E-state index in [0.29, 0.717) is 23.9 Å². The van der Waals surface area contributed by atoms with Gasteiger partial charge in [-0.3, -0.25) is 0 Å². The van der Waals surface area contributed by atoms with Crippen molar-refractivity contribution in [3.05, 3.63) is 64.8 Å². The number of halogens is 1. The second kappa shape index (κ2) is 8.90. The number of para-hydroxylation sites is 1. The smallest absolute Gasteiger partial charge is 0.341 e. The van der Waals surface area contributed by atoms with E-state index in [-0.39, 0.29) is 6.61 Å². The van der Waals surface area contributed by atoms with E-state index in [1.807, 2.05) is 30.3 Å². The Morgan fingerprint density at radius 1 is 1.22 bits per heavy atom. The molecular weight excluding hydrogens is 368 g/mol. The van der Waals surface area contributed by atoms with Gasteiger partial charge in [-0.2, -0.15) is 0 Å². The summed E-state index contributed by atoms with van der Waals surface area (Å²) in [4.78, 5) is 14.0. The first-order valence-corrected chi connectivity index (χ1v) is 9.00. The number of hydrogen-bond donors (Lipinski definition) is 4. The monoisotopic (exact) mass is 388 g/mol. The first-order valence-electron chi connectivity index (χ1n) is 8.62. The number of ether oxygens (including phenoxy) is 1. The number of nitrogens with one attached hydrogen (secondary N) is 2. The molecule has 0 spiro atoms. The number of carboxylic acid groups (broad SMARTS) is 1. The summed E-state index contributed by atoms with van der Waals surface area (Å²) in [6, 6.07) is 14.7. The molecule has 0 aliphatic heterocycles. The molecule has 3 aromatic rings. The van der Waals surface area contributed by atoms with Crippen LogP contribution in [-0.2, 0) is 11.2 Å². The molecule has 1 aromatic heterocycles. The molecule has 2 aromatic carbocycles. The van der Waals surface area contributed by atoms with E-state index in [1.165, 1.54) is 0 Å². The van der Waals surface area contributed by atoms with Gasteiger partial charge in [0.25, 0.3) is 0 Å². The van der Waals surface area contributed by atoms with Gasteiger partial charge in [0, 0.05) is 29.2 Å². The highest BCUT2D eigenvalue weighted by Crippen LogP contribution is 2.26. The summed E-state index contributed by atoms with van der Waals surface area (Å²) in [6.45, 7) is 0.722. The van der Waals surface area contributed by atoms with Gasteiger partial charge in [0.05, 0.1) is 11.6 Å². The lowest BCUT2D eigenvalue weighted by Crippen LogP contribution is -2.23. The van der Waals surface area contributed by atoms with Crippen LogP contribution in [-0.4, -0.2) is 40.9 Å².